The van der Waals surface area contributed by atoms with Gasteiger partial charge in [0.05, 0.1) is 17.1 Å². The minimum atomic E-state index is -0.163. The van der Waals surface area contributed by atoms with Crippen LogP contribution < -0.4 is 5.32 Å². The highest BCUT2D eigenvalue weighted by atomic mass is 32.1. The smallest absolute Gasteiger partial charge is 0.265 e. The highest BCUT2D eigenvalue weighted by molar-refractivity contribution is 7.12. The molecule has 2 N–H and O–H groups in total. The molecule has 0 aliphatic rings. The molecule has 1 amide bonds. The number of thiophene rings is 1. The van der Waals surface area contributed by atoms with Crippen LogP contribution in [0.5, 0.6) is 0 Å². The number of rotatable bonds is 3. The van der Waals surface area contributed by atoms with Gasteiger partial charge in [-0.05, 0) is 30.6 Å². The van der Waals surface area contributed by atoms with Crippen LogP contribution in [0.4, 0.5) is 0 Å². The third-order valence-corrected chi connectivity index (χ3v) is 4.06. The number of aromatic nitrogens is 2. The molecule has 98 valence electrons. The molecule has 0 aliphatic carbocycles. The normalized spacial score (nSPS) is 9.79. The van der Waals surface area contributed by atoms with E-state index in [1.54, 1.807) is 6.92 Å². The van der Waals surface area contributed by atoms with Gasteiger partial charge in [0.1, 0.15) is 11.5 Å². The van der Waals surface area contributed by atoms with Gasteiger partial charge in [-0.2, -0.15) is 0 Å². The second-order valence-corrected chi connectivity index (χ2v) is 5.52. The first-order chi connectivity index (χ1) is 9.20. The van der Waals surface area contributed by atoms with Crippen molar-refractivity contribution in [3.63, 3.8) is 0 Å². The van der Waals surface area contributed by atoms with Crippen molar-refractivity contribution in [3.05, 3.63) is 32.5 Å². The van der Waals surface area contributed by atoms with Crippen LogP contribution in [0.2, 0.25) is 0 Å². The number of aryl methyl sites for hydroxylation is 1. The summed E-state index contributed by atoms with van der Waals surface area (Å²) in [6, 6.07) is 3.78. The SMILES string of the molecule is Cc1nnsc1C(=O)NCc1ccc(C#CCO)s1. The van der Waals surface area contributed by atoms with Crippen LogP contribution in [0.25, 0.3) is 0 Å². The summed E-state index contributed by atoms with van der Waals surface area (Å²) in [6.07, 6.45) is 0. The molecule has 0 aliphatic heterocycles. The molecule has 5 nitrogen and oxygen atoms in total. The van der Waals surface area contributed by atoms with E-state index in [1.807, 2.05) is 12.1 Å². The van der Waals surface area contributed by atoms with Crippen LogP contribution in [-0.2, 0) is 6.54 Å². The molecule has 7 heteroatoms. The average Bonchev–Trinajstić information content (AvgIpc) is 3.02. The minimum Gasteiger partial charge on any atom is -0.384 e. The number of nitrogens with zero attached hydrogens (tertiary/aromatic N) is 2. The van der Waals surface area contributed by atoms with Crippen LogP contribution in [0, 0.1) is 18.8 Å². The van der Waals surface area contributed by atoms with Crippen molar-refractivity contribution >= 4 is 28.8 Å². The summed E-state index contributed by atoms with van der Waals surface area (Å²) in [5, 5.41) is 15.2. The molecule has 0 saturated carbocycles. The van der Waals surface area contributed by atoms with Crippen molar-refractivity contribution in [2.75, 3.05) is 6.61 Å². The molecule has 2 aromatic heterocycles. The Bertz CT molecular complexity index is 637. The van der Waals surface area contributed by atoms with Gasteiger partial charge in [-0.3, -0.25) is 4.79 Å². The van der Waals surface area contributed by atoms with Gasteiger partial charge in [0, 0.05) is 4.88 Å². The van der Waals surface area contributed by atoms with Crippen LogP contribution in [0.15, 0.2) is 12.1 Å². The van der Waals surface area contributed by atoms with Gasteiger partial charge in [-0.15, -0.1) is 16.4 Å². The number of aliphatic hydroxyl groups excluding tert-OH is 1. The van der Waals surface area contributed by atoms with Crippen molar-refractivity contribution in [3.8, 4) is 11.8 Å². The predicted octanol–water partition coefficient (Wildman–Crippen LogP) is 1.18. The number of aliphatic hydroxyl groups is 1. The zero-order chi connectivity index (χ0) is 13.7. The summed E-state index contributed by atoms with van der Waals surface area (Å²) in [5.74, 6) is 5.25. The van der Waals surface area contributed by atoms with Gasteiger partial charge >= 0.3 is 0 Å². The van der Waals surface area contributed by atoms with Gasteiger partial charge in [0.2, 0.25) is 0 Å². The average molecular weight is 293 g/mol. The molecular formula is C12H11N3O2S2. The van der Waals surface area contributed by atoms with E-state index in [-0.39, 0.29) is 12.5 Å². The summed E-state index contributed by atoms with van der Waals surface area (Å²) < 4.78 is 3.73. The minimum absolute atomic E-state index is 0.151. The van der Waals surface area contributed by atoms with E-state index in [9.17, 15) is 4.79 Å². The van der Waals surface area contributed by atoms with E-state index < -0.39 is 0 Å². The molecular weight excluding hydrogens is 282 g/mol. The fourth-order valence-corrected chi connectivity index (χ4v) is 2.75. The van der Waals surface area contributed by atoms with Crippen molar-refractivity contribution in [1.29, 1.82) is 0 Å². The van der Waals surface area contributed by atoms with Gasteiger partial charge in [0.15, 0.2) is 0 Å². The quantitative estimate of drug-likeness (QED) is 0.833. The lowest BCUT2D eigenvalue weighted by Gasteiger charge is -2.00. The topological polar surface area (TPSA) is 75.1 Å². The largest absolute Gasteiger partial charge is 0.384 e. The fraction of sp³-hybridized carbons (Fsp3) is 0.250. The van der Waals surface area contributed by atoms with Gasteiger partial charge in [-0.1, -0.05) is 16.3 Å². The van der Waals surface area contributed by atoms with Crippen LogP contribution in [-0.4, -0.2) is 27.2 Å². The van der Waals surface area contributed by atoms with Crippen molar-refractivity contribution in [2.45, 2.75) is 13.5 Å². The molecule has 2 rings (SSSR count). The Morgan fingerprint density at radius 1 is 1.53 bits per heavy atom. The molecule has 0 fully saturated rings. The van der Waals surface area contributed by atoms with Crippen molar-refractivity contribution in [1.82, 2.24) is 14.9 Å². The monoisotopic (exact) mass is 293 g/mol. The lowest BCUT2D eigenvalue weighted by molar-refractivity contribution is 0.0954. The number of carbonyl (C=O) groups is 1. The Balaban J connectivity index is 1.94. The number of amides is 1. The Morgan fingerprint density at radius 2 is 2.37 bits per heavy atom. The Labute approximate surface area is 118 Å². The molecule has 0 radical (unpaired) electrons. The maximum atomic E-state index is 11.8. The van der Waals surface area contributed by atoms with E-state index in [4.69, 9.17) is 5.11 Å². The van der Waals surface area contributed by atoms with E-state index in [0.29, 0.717) is 17.1 Å². The zero-order valence-electron chi connectivity index (χ0n) is 10.1. The number of hydrogen-bond donors (Lipinski definition) is 2. The Kier molecular flexibility index (Phi) is 4.63. The zero-order valence-corrected chi connectivity index (χ0v) is 11.8. The van der Waals surface area contributed by atoms with E-state index in [2.05, 4.69) is 26.7 Å². The van der Waals surface area contributed by atoms with Crippen LogP contribution in [0.3, 0.4) is 0 Å². The summed E-state index contributed by atoms with van der Waals surface area (Å²) in [5.41, 5.74) is 0.642. The summed E-state index contributed by atoms with van der Waals surface area (Å²) in [4.78, 5) is 14.3. The van der Waals surface area contributed by atoms with Crippen LogP contribution in [0.1, 0.15) is 25.1 Å². The molecule has 0 spiro atoms. The molecule has 0 aromatic carbocycles. The second kappa shape index (κ2) is 6.43. The lowest BCUT2D eigenvalue weighted by Crippen LogP contribution is -2.22. The van der Waals surface area contributed by atoms with Crippen molar-refractivity contribution < 1.29 is 9.90 Å². The second-order valence-electron chi connectivity index (χ2n) is 3.60. The molecule has 2 heterocycles. The predicted molar refractivity (Wildman–Crippen MR) is 74.1 cm³/mol. The molecule has 0 bridgehead atoms. The van der Waals surface area contributed by atoms with Crippen molar-refractivity contribution in [2.24, 2.45) is 0 Å². The van der Waals surface area contributed by atoms with E-state index >= 15 is 0 Å². The standard InChI is InChI=1S/C12H11N3O2S2/c1-8-11(19-15-14-8)12(17)13-7-10-5-4-9(18-10)3-2-6-16/h4-5,16H,6-7H2,1H3,(H,13,17). The van der Waals surface area contributed by atoms with E-state index in [0.717, 1.165) is 21.3 Å². The highest BCUT2D eigenvalue weighted by Crippen LogP contribution is 2.15. The fourth-order valence-electron chi connectivity index (χ4n) is 1.35. The summed E-state index contributed by atoms with van der Waals surface area (Å²) in [6.45, 7) is 2.05. The molecule has 0 atom stereocenters. The summed E-state index contributed by atoms with van der Waals surface area (Å²) in [7, 11) is 0. The maximum absolute atomic E-state index is 11.8. The third kappa shape index (κ3) is 3.61. The number of hydrogen-bond acceptors (Lipinski definition) is 6. The van der Waals surface area contributed by atoms with Crippen LogP contribution >= 0.6 is 22.9 Å². The molecule has 2 aromatic rings. The molecule has 19 heavy (non-hydrogen) atoms. The third-order valence-electron chi connectivity index (χ3n) is 2.23. The van der Waals surface area contributed by atoms with Gasteiger partial charge in [0.25, 0.3) is 5.91 Å². The first kappa shape index (κ1) is 13.7. The van der Waals surface area contributed by atoms with Gasteiger partial charge < -0.3 is 10.4 Å². The first-order valence-corrected chi connectivity index (χ1v) is 7.05. The summed E-state index contributed by atoms with van der Waals surface area (Å²) >= 11 is 2.58. The Morgan fingerprint density at radius 3 is 3.05 bits per heavy atom. The first-order valence-electron chi connectivity index (χ1n) is 5.46. The Hall–Kier alpha value is -1.75. The molecule has 0 unspecified atom stereocenters. The highest BCUT2D eigenvalue weighted by Gasteiger charge is 2.12. The molecule has 0 saturated heterocycles. The number of nitrogens with one attached hydrogen (secondary N) is 1. The maximum Gasteiger partial charge on any atom is 0.265 e. The van der Waals surface area contributed by atoms with Gasteiger partial charge in [-0.25, -0.2) is 0 Å². The lowest BCUT2D eigenvalue weighted by atomic mass is 10.3. The number of carbonyl (C=O) groups excluding carboxylic acids is 1. The van der Waals surface area contributed by atoms with E-state index in [1.165, 1.54) is 11.3 Å².